The Morgan fingerprint density at radius 2 is 1.44 bits per heavy atom. The van der Waals surface area contributed by atoms with Gasteiger partial charge in [-0.3, -0.25) is 0 Å². The van der Waals surface area contributed by atoms with Gasteiger partial charge in [-0.25, -0.2) is 4.79 Å². The van der Waals surface area contributed by atoms with Gasteiger partial charge in [0.1, 0.15) is 12.4 Å². The normalized spacial score (nSPS) is 12.0. The lowest BCUT2D eigenvalue weighted by atomic mass is 9.95. The van der Waals surface area contributed by atoms with Gasteiger partial charge in [-0.2, -0.15) is 22.0 Å². The molecule has 0 aromatic heterocycles. The van der Waals surface area contributed by atoms with Gasteiger partial charge < -0.3 is 20.9 Å². The molecule has 235 valence electrons. The van der Waals surface area contributed by atoms with Crippen LogP contribution in [-0.4, -0.2) is 12.1 Å². The summed E-state index contributed by atoms with van der Waals surface area (Å²) in [6.07, 6.45) is -5.33. The van der Waals surface area contributed by atoms with Crippen LogP contribution >= 0.6 is 0 Å². The minimum absolute atomic E-state index is 0.000578. The molecule has 0 aliphatic heterocycles. The van der Waals surface area contributed by atoms with Crippen LogP contribution in [0.5, 0.6) is 5.75 Å². The van der Waals surface area contributed by atoms with E-state index in [4.69, 9.17) is 20.9 Å². The number of halogens is 5. The molecule has 0 aliphatic rings. The summed E-state index contributed by atoms with van der Waals surface area (Å²) in [7, 11) is 0. The van der Waals surface area contributed by atoms with E-state index in [1.807, 2.05) is 12.1 Å². The van der Waals surface area contributed by atoms with Crippen molar-refractivity contribution in [3.63, 3.8) is 0 Å². The second-order valence-corrected chi connectivity index (χ2v) is 10.5. The molecule has 10 heteroatoms. The van der Waals surface area contributed by atoms with E-state index in [1.165, 1.54) is 48.6 Å². The zero-order valence-electron chi connectivity index (χ0n) is 24.2. The molecule has 0 fully saturated rings. The number of ether oxygens (including phenoxy) is 2. The number of benzene rings is 4. The number of anilines is 2. The third kappa shape index (κ3) is 9.82. The highest BCUT2D eigenvalue weighted by molar-refractivity contribution is 5.87. The summed E-state index contributed by atoms with van der Waals surface area (Å²) >= 11 is 0. The highest BCUT2D eigenvalue weighted by Gasteiger charge is 2.34. The van der Waals surface area contributed by atoms with Gasteiger partial charge in [-0.1, -0.05) is 36.4 Å². The number of nitrogens with two attached hydrogens (primary N) is 2. The summed E-state index contributed by atoms with van der Waals surface area (Å²) in [5.41, 5.74) is 16.7. The van der Waals surface area contributed by atoms with Gasteiger partial charge >= 0.3 is 18.3 Å². The van der Waals surface area contributed by atoms with Gasteiger partial charge in [0, 0.05) is 23.9 Å². The first-order valence-corrected chi connectivity index (χ1v) is 14.1. The summed E-state index contributed by atoms with van der Waals surface area (Å²) in [4.78, 5) is 12.4. The van der Waals surface area contributed by atoms with Crippen molar-refractivity contribution in [3.8, 4) is 16.9 Å². The number of hydrogen-bond acceptors (Lipinski definition) is 5. The Labute approximate surface area is 258 Å². The summed E-state index contributed by atoms with van der Waals surface area (Å²) in [5, 5.41) is 0. The number of nitrogen functional groups attached to an aromatic ring is 2. The van der Waals surface area contributed by atoms with E-state index in [1.54, 1.807) is 36.4 Å². The minimum Gasteiger partial charge on any atom is -0.458 e. The van der Waals surface area contributed by atoms with Gasteiger partial charge in [0.2, 0.25) is 0 Å². The molecule has 0 spiro atoms. The Balaban J connectivity index is 1.31. The van der Waals surface area contributed by atoms with Crippen molar-refractivity contribution in [2.75, 3.05) is 11.5 Å². The van der Waals surface area contributed by atoms with E-state index in [0.717, 1.165) is 16.7 Å². The smallest absolute Gasteiger partial charge is 0.426 e. The van der Waals surface area contributed by atoms with Crippen LogP contribution in [-0.2, 0) is 28.7 Å². The third-order valence-electron chi connectivity index (χ3n) is 6.92. The SMILES string of the molecule is [CH2]c1cc(N)ccc1-c1ccc(N)cc1COC(=O)/C=C/c1ccc(C(F)(F)Oc2ccc(CCCCC(F)(F)F)cc2)cc1. The molecular weight excluding hydrogens is 591 g/mol. The molecule has 4 rings (SSSR count). The van der Waals surface area contributed by atoms with Crippen LogP contribution < -0.4 is 16.2 Å². The van der Waals surface area contributed by atoms with Crippen LogP contribution in [0.4, 0.5) is 33.3 Å². The molecule has 0 amide bonds. The molecule has 0 atom stereocenters. The molecule has 0 heterocycles. The molecule has 0 saturated heterocycles. The maximum absolute atomic E-state index is 14.8. The first-order chi connectivity index (χ1) is 21.3. The maximum atomic E-state index is 14.8. The number of carbonyl (C=O) groups excluding carboxylic acids is 1. The van der Waals surface area contributed by atoms with Crippen molar-refractivity contribution >= 4 is 23.4 Å². The zero-order chi connectivity index (χ0) is 32.6. The van der Waals surface area contributed by atoms with Crippen molar-refractivity contribution in [1.82, 2.24) is 0 Å². The minimum atomic E-state index is -4.19. The molecular formula is C35H32F5N2O3. The second-order valence-electron chi connectivity index (χ2n) is 10.5. The standard InChI is InChI=1S/C35H32F5N2O3/c1-23-20-28(41)12-16-31(23)32-17-13-29(42)21-26(32)22-44-33(43)18-9-25-5-10-27(11-6-25)35(39,40)45-30-14-7-24(8-15-30)4-2-3-19-34(36,37)38/h5-18,20-21H,1-4,19,22,41-42H2/b18-9+. The van der Waals surface area contributed by atoms with Crippen LogP contribution in [0.2, 0.25) is 0 Å². The Hall–Kier alpha value is -4.86. The van der Waals surface area contributed by atoms with E-state index in [9.17, 15) is 26.7 Å². The number of rotatable bonds is 12. The van der Waals surface area contributed by atoms with Crippen LogP contribution in [0.15, 0.2) is 91.0 Å². The molecule has 0 bridgehead atoms. The molecule has 5 nitrogen and oxygen atoms in total. The Morgan fingerprint density at radius 1 is 0.800 bits per heavy atom. The highest BCUT2D eigenvalue weighted by atomic mass is 19.4. The van der Waals surface area contributed by atoms with Gasteiger partial charge in [0.25, 0.3) is 0 Å². The maximum Gasteiger partial charge on any atom is 0.426 e. The molecule has 4 N–H and O–H groups in total. The van der Waals surface area contributed by atoms with Crippen molar-refractivity contribution < 1.29 is 36.2 Å². The molecule has 4 aromatic rings. The predicted molar refractivity (Wildman–Crippen MR) is 165 cm³/mol. The Kier molecular flexibility index (Phi) is 10.5. The lowest BCUT2D eigenvalue weighted by molar-refractivity contribution is -0.185. The molecule has 0 aliphatic carbocycles. The largest absolute Gasteiger partial charge is 0.458 e. The lowest BCUT2D eigenvalue weighted by Crippen LogP contribution is -2.21. The van der Waals surface area contributed by atoms with Crippen LogP contribution in [0.1, 0.15) is 47.1 Å². The summed E-state index contributed by atoms with van der Waals surface area (Å²) in [5.74, 6) is -0.728. The number of esters is 1. The summed E-state index contributed by atoms with van der Waals surface area (Å²) in [6, 6.07) is 21.6. The first-order valence-electron chi connectivity index (χ1n) is 14.1. The van der Waals surface area contributed by atoms with Gasteiger partial charge in [0.05, 0.1) is 5.56 Å². The van der Waals surface area contributed by atoms with Crippen LogP contribution in [0.3, 0.4) is 0 Å². The predicted octanol–water partition coefficient (Wildman–Crippen LogP) is 8.86. The fraction of sp³-hybridized carbons (Fsp3) is 0.200. The Bertz CT molecular complexity index is 1630. The first kappa shape index (κ1) is 33.0. The number of aryl methyl sites for hydroxylation is 1. The monoisotopic (exact) mass is 623 g/mol. The van der Waals surface area contributed by atoms with Crippen molar-refractivity contribution in [1.29, 1.82) is 0 Å². The highest BCUT2D eigenvalue weighted by Crippen LogP contribution is 2.33. The zero-order valence-corrected chi connectivity index (χ0v) is 24.2. The fourth-order valence-electron chi connectivity index (χ4n) is 4.61. The molecule has 1 radical (unpaired) electrons. The van der Waals surface area contributed by atoms with Crippen molar-refractivity contribution in [2.24, 2.45) is 0 Å². The molecule has 0 unspecified atom stereocenters. The summed E-state index contributed by atoms with van der Waals surface area (Å²) in [6.45, 7) is 3.97. The molecule has 45 heavy (non-hydrogen) atoms. The molecule has 0 saturated carbocycles. The third-order valence-corrected chi connectivity index (χ3v) is 6.92. The fourth-order valence-corrected chi connectivity index (χ4v) is 4.61. The quantitative estimate of drug-likeness (QED) is 0.0541. The van der Waals surface area contributed by atoms with E-state index >= 15 is 0 Å². The topological polar surface area (TPSA) is 87.6 Å². The van der Waals surface area contributed by atoms with Crippen molar-refractivity contribution in [3.05, 3.63) is 126 Å². The average molecular weight is 624 g/mol. The van der Waals surface area contributed by atoms with E-state index < -0.39 is 30.2 Å². The van der Waals surface area contributed by atoms with E-state index in [-0.39, 0.29) is 18.8 Å². The second kappa shape index (κ2) is 14.3. The number of unbranched alkanes of at least 4 members (excludes halogenated alkanes) is 1. The van der Waals surface area contributed by atoms with Gasteiger partial charge in [-0.15, -0.1) is 0 Å². The van der Waals surface area contributed by atoms with E-state index in [0.29, 0.717) is 40.9 Å². The van der Waals surface area contributed by atoms with Gasteiger partial charge in [-0.05, 0) is 114 Å². The molecule has 4 aromatic carbocycles. The van der Waals surface area contributed by atoms with Crippen molar-refractivity contribution in [2.45, 2.75) is 44.6 Å². The number of alkyl halides is 5. The van der Waals surface area contributed by atoms with Crippen LogP contribution in [0, 0.1) is 6.92 Å². The van der Waals surface area contributed by atoms with Crippen LogP contribution in [0.25, 0.3) is 17.2 Å². The Morgan fingerprint density at radius 3 is 2.09 bits per heavy atom. The lowest BCUT2D eigenvalue weighted by Gasteiger charge is -2.18. The number of hydrogen-bond donors (Lipinski definition) is 2. The average Bonchev–Trinajstić information content (AvgIpc) is 2.98. The van der Waals surface area contributed by atoms with E-state index in [2.05, 4.69) is 6.92 Å². The number of carbonyl (C=O) groups is 1. The summed E-state index contributed by atoms with van der Waals surface area (Å²) < 4.78 is 76.7. The van der Waals surface area contributed by atoms with Gasteiger partial charge in [0.15, 0.2) is 0 Å².